The van der Waals surface area contributed by atoms with E-state index >= 15 is 0 Å². The van der Waals surface area contributed by atoms with E-state index in [2.05, 4.69) is 20.9 Å². The van der Waals surface area contributed by atoms with Gasteiger partial charge >= 0.3 is 0 Å². The lowest BCUT2D eigenvalue weighted by molar-refractivity contribution is 0.0992. The van der Waals surface area contributed by atoms with Crippen molar-refractivity contribution in [3.05, 3.63) is 70.8 Å². The topological polar surface area (TPSA) is 33.2 Å². The molecule has 3 nitrogen and oxygen atoms in total. The smallest absolute Gasteiger partial charge is 0.259 e. The first kappa shape index (κ1) is 13.8. The van der Waals surface area contributed by atoms with E-state index in [9.17, 15) is 4.79 Å². The Morgan fingerprint density at radius 2 is 1.81 bits per heavy atom. The maximum Gasteiger partial charge on any atom is 0.259 e. The van der Waals surface area contributed by atoms with Gasteiger partial charge in [-0.05, 0) is 47.2 Å². The molecule has 0 aliphatic heterocycles. The van der Waals surface area contributed by atoms with E-state index in [0.29, 0.717) is 11.4 Å². The maximum atomic E-state index is 12.5. The Kier molecular flexibility index (Phi) is 3.71. The first-order valence-electron chi connectivity index (χ1n) is 6.53. The number of aromatic nitrogens is 1. The molecule has 3 aromatic rings. The van der Waals surface area contributed by atoms with Crippen LogP contribution in [0.4, 0.5) is 5.82 Å². The Balaban J connectivity index is 1.96. The maximum absolute atomic E-state index is 12.5. The summed E-state index contributed by atoms with van der Waals surface area (Å²) in [5, 5.41) is 2.14. The van der Waals surface area contributed by atoms with Gasteiger partial charge in [-0.2, -0.15) is 0 Å². The van der Waals surface area contributed by atoms with Crippen LogP contribution >= 0.6 is 15.9 Å². The van der Waals surface area contributed by atoms with Gasteiger partial charge in [-0.25, -0.2) is 4.98 Å². The minimum Gasteiger partial charge on any atom is -0.296 e. The molecule has 1 aromatic heterocycles. The van der Waals surface area contributed by atoms with E-state index in [-0.39, 0.29) is 5.91 Å². The lowest BCUT2D eigenvalue weighted by Gasteiger charge is -2.16. The van der Waals surface area contributed by atoms with Gasteiger partial charge in [-0.15, -0.1) is 0 Å². The third-order valence-electron chi connectivity index (χ3n) is 3.35. The lowest BCUT2D eigenvalue weighted by Crippen LogP contribution is -2.26. The zero-order chi connectivity index (χ0) is 14.8. The molecule has 104 valence electrons. The molecule has 4 heteroatoms. The molecule has 0 aliphatic carbocycles. The van der Waals surface area contributed by atoms with Gasteiger partial charge in [0.05, 0.1) is 0 Å². The summed E-state index contributed by atoms with van der Waals surface area (Å²) in [5.74, 6) is 0.567. The minimum atomic E-state index is -0.0708. The summed E-state index contributed by atoms with van der Waals surface area (Å²) in [6.45, 7) is 0. The molecule has 0 fully saturated rings. The molecule has 2 aromatic carbocycles. The largest absolute Gasteiger partial charge is 0.296 e. The highest BCUT2D eigenvalue weighted by Crippen LogP contribution is 2.22. The highest BCUT2D eigenvalue weighted by molar-refractivity contribution is 9.10. The number of amides is 1. The molecule has 0 radical (unpaired) electrons. The number of anilines is 1. The van der Waals surface area contributed by atoms with Crippen molar-refractivity contribution in [2.75, 3.05) is 11.9 Å². The molecule has 3 rings (SSSR count). The van der Waals surface area contributed by atoms with Crippen LogP contribution in [-0.2, 0) is 0 Å². The molecule has 0 bridgehead atoms. The molecular weight excluding hydrogens is 328 g/mol. The Morgan fingerprint density at radius 1 is 1.05 bits per heavy atom. The summed E-state index contributed by atoms with van der Waals surface area (Å²) in [7, 11) is 1.73. The molecule has 0 unspecified atom stereocenters. The standard InChI is InChI=1S/C17H13BrN2O/c1-20(16-4-2-3-9-19-16)17(21)14-6-5-13-11-15(18)8-7-12(13)10-14/h2-11H,1H3. The average molecular weight is 341 g/mol. The highest BCUT2D eigenvalue weighted by Gasteiger charge is 2.14. The van der Waals surface area contributed by atoms with E-state index in [0.717, 1.165) is 15.2 Å². The number of hydrogen-bond acceptors (Lipinski definition) is 2. The van der Waals surface area contributed by atoms with Crippen molar-refractivity contribution in [2.24, 2.45) is 0 Å². The molecule has 0 aliphatic rings. The number of rotatable bonds is 2. The van der Waals surface area contributed by atoms with E-state index in [4.69, 9.17) is 0 Å². The van der Waals surface area contributed by atoms with Crippen molar-refractivity contribution in [2.45, 2.75) is 0 Å². The van der Waals surface area contributed by atoms with Crippen molar-refractivity contribution in [1.29, 1.82) is 0 Å². The van der Waals surface area contributed by atoms with Gasteiger partial charge in [-0.3, -0.25) is 9.69 Å². The van der Waals surface area contributed by atoms with E-state index < -0.39 is 0 Å². The number of carbonyl (C=O) groups is 1. The van der Waals surface area contributed by atoms with Crippen molar-refractivity contribution in [1.82, 2.24) is 4.98 Å². The summed E-state index contributed by atoms with van der Waals surface area (Å²) in [5.41, 5.74) is 0.651. The van der Waals surface area contributed by atoms with Gasteiger partial charge in [0.15, 0.2) is 0 Å². The van der Waals surface area contributed by atoms with Crippen LogP contribution in [0.5, 0.6) is 0 Å². The van der Waals surface area contributed by atoms with Gasteiger partial charge in [0.2, 0.25) is 0 Å². The van der Waals surface area contributed by atoms with Gasteiger partial charge in [0, 0.05) is 23.3 Å². The Morgan fingerprint density at radius 3 is 2.57 bits per heavy atom. The number of hydrogen-bond donors (Lipinski definition) is 0. The first-order valence-corrected chi connectivity index (χ1v) is 7.33. The molecule has 0 saturated heterocycles. The van der Waals surface area contributed by atoms with Crippen LogP contribution in [0.2, 0.25) is 0 Å². The van der Waals surface area contributed by atoms with Crippen LogP contribution in [0.25, 0.3) is 10.8 Å². The monoisotopic (exact) mass is 340 g/mol. The summed E-state index contributed by atoms with van der Waals surface area (Å²) < 4.78 is 1.03. The van der Waals surface area contributed by atoms with E-state index in [1.807, 2.05) is 54.6 Å². The second-order valence-corrected chi connectivity index (χ2v) is 5.67. The summed E-state index contributed by atoms with van der Waals surface area (Å²) in [6, 6.07) is 17.2. The van der Waals surface area contributed by atoms with Gasteiger partial charge in [0.25, 0.3) is 5.91 Å². The molecule has 0 atom stereocenters. The van der Waals surface area contributed by atoms with E-state index in [1.165, 1.54) is 0 Å². The molecule has 21 heavy (non-hydrogen) atoms. The van der Waals surface area contributed by atoms with Crippen molar-refractivity contribution in [3.8, 4) is 0 Å². The van der Waals surface area contributed by atoms with Crippen LogP contribution in [0.1, 0.15) is 10.4 Å². The van der Waals surface area contributed by atoms with Gasteiger partial charge in [0.1, 0.15) is 5.82 Å². The quantitative estimate of drug-likeness (QED) is 0.697. The molecule has 0 N–H and O–H groups in total. The fraction of sp³-hybridized carbons (Fsp3) is 0.0588. The molecule has 1 amide bonds. The summed E-state index contributed by atoms with van der Waals surface area (Å²) in [6.07, 6.45) is 1.68. The van der Waals surface area contributed by atoms with Gasteiger partial charge < -0.3 is 0 Å². The zero-order valence-corrected chi connectivity index (χ0v) is 13.0. The first-order chi connectivity index (χ1) is 10.1. The van der Waals surface area contributed by atoms with Gasteiger partial charge in [-0.1, -0.05) is 34.1 Å². The van der Waals surface area contributed by atoms with Crippen LogP contribution < -0.4 is 4.90 Å². The normalized spacial score (nSPS) is 10.6. The number of fused-ring (bicyclic) bond motifs is 1. The fourth-order valence-corrected chi connectivity index (χ4v) is 2.58. The Bertz CT molecular complexity index is 802. The number of halogens is 1. The summed E-state index contributed by atoms with van der Waals surface area (Å²) in [4.78, 5) is 18.3. The van der Waals surface area contributed by atoms with Crippen molar-refractivity contribution < 1.29 is 4.79 Å². The number of benzene rings is 2. The van der Waals surface area contributed by atoms with Crippen LogP contribution in [0, 0.1) is 0 Å². The SMILES string of the molecule is CN(C(=O)c1ccc2cc(Br)ccc2c1)c1ccccn1. The second kappa shape index (κ2) is 5.66. The minimum absolute atomic E-state index is 0.0708. The molecule has 0 saturated carbocycles. The lowest BCUT2D eigenvalue weighted by atomic mass is 10.1. The second-order valence-electron chi connectivity index (χ2n) is 4.76. The van der Waals surface area contributed by atoms with Crippen LogP contribution in [-0.4, -0.2) is 17.9 Å². The van der Waals surface area contributed by atoms with Crippen molar-refractivity contribution in [3.63, 3.8) is 0 Å². The van der Waals surface area contributed by atoms with E-state index in [1.54, 1.807) is 18.1 Å². The van der Waals surface area contributed by atoms with Crippen LogP contribution in [0.15, 0.2) is 65.3 Å². The van der Waals surface area contributed by atoms with Crippen molar-refractivity contribution >= 4 is 38.4 Å². The van der Waals surface area contributed by atoms with Crippen LogP contribution in [0.3, 0.4) is 0 Å². The Labute approximate surface area is 131 Å². The number of carbonyl (C=O) groups excluding carboxylic acids is 1. The molecule has 0 spiro atoms. The predicted molar refractivity (Wildman–Crippen MR) is 88.6 cm³/mol. The summed E-state index contributed by atoms with van der Waals surface area (Å²) >= 11 is 3.45. The predicted octanol–water partition coefficient (Wildman–Crippen LogP) is 4.27. The zero-order valence-electron chi connectivity index (χ0n) is 11.5. The molecule has 1 heterocycles. The number of pyridine rings is 1. The third kappa shape index (κ3) is 2.81. The number of nitrogens with zero attached hydrogens (tertiary/aromatic N) is 2. The Hall–Kier alpha value is -2.20. The highest BCUT2D eigenvalue weighted by atomic mass is 79.9. The fourth-order valence-electron chi connectivity index (χ4n) is 2.20. The molecular formula is C17H13BrN2O. The third-order valence-corrected chi connectivity index (χ3v) is 3.84. The average Bonchev–Trinajstić information content (AvgIpc) is 2.53.